The van der Waals surface area contributed by atoms with E-state index in [0.29, 0.717) is 23.4 Å². The molecule has 2 N–H and O–H groups in total. The Kier molecular flexibility index (Phi) is 2.78. The molecule has 0 saturated heterocycles. The maximum Gasteiger partial charge on any atom is 0.275 e. The van der Waals surface area contributed by atoms with Crippen LogP contribution < -0.4 is 5.73 Å². The minimum atomic E-state index is -3.05. The minimum absolute atomic E-state index is 0.201. The number of nitrogens with zero attached hydrogens (tertiary/aromatic N) is 1. The van der Waals surface area contributed by atoms with Crippen molar-refractivity contribution < 1.29 is 13.2 Å². The molecule has 0 aliphatic heterocycles. The Hall–Kier alpha value is -1.26. The Balaban J connectivity index is 2.51. The molecule has 1 unspecified atom stereocenters. The van der Waals surface area contributed by atoms with Crippen molar-refractivity contribution in [2.45, 2.75) is 38.8 Å². The molecule has 1 aromatic rings. The van der Waals surface area contributed by atoms with Crippen LogP contribution in [0.3, 0.4) is 0 Å². The lowest BCUT2D eigenvalue weighted by molar-refractivity contribution is 0.0468. The van der Waals surface area contributed by atoms with Gasteiger partial charge in [-0.3, -0.25) is 4.98 Å². The number of nitrogen functional groups attached to an aromatic ring is 1. The van der Waals surface area contributed by atoms with Gasteiger partial charge in [-0.25, -0.2) is 13.2 Å². The first kappa shape index (κ1) is 11.2. The fourth-order valence-electron chi connectivity index (χ4n) is 2.12. The molecule has 88 valence electrons. The molecule has 1 heterocycles. The van der Waals surface area contributed by atoms with E-state index in [1.54, 1.807) is 6.92 Å². The van der Waals surface area contributed by atoms with Gasteiger partial charge in [-0.15, -0.1) is 0 Å². The number of halogens is 3. The van der Waals surface area contributed by atoms with Crippen LogP contribution in [0.4, 0.5) is 18.9 Å². The predicted octanol–water partition coefficient (Wildman–Crippen LogP) is 2.74. The Morgan fingerprint density at radius 2 is 1.94 bits per heavy atom. The third kappa shape index (κ3) is 1.64. The second kappa shape index (κ2) is 3.96. The van der Waals surface area contributed by atoms with E-state index >= 15 is 0 Å². The highest BCUT2D eigenvalue weighted by atomic mass is 19.3. The Morgan fingerprint density at radius 1 is 1.25 bits per heavy atom. The summed E-state index contributed by atoms with van der Waals surface area (Å²) in [4.78, 5) is 4.00. The number of alkyl halides is 3. The van der Waals surface area contributed by atoms with Crippen molar-refractivity contribution >= 4 is 5.69 Å². The first-order valence-electron chi connectivity index (χ1n) is 5.22. The first-order valence-corrected chi connectivity index (χ1v) is 5.22. The molecular weight excluding hydrogens is 217 g/mol. The van der Waals surface area contributed by atoms with E-state index in [-0.39, 0.29) is 5.69 Å². The lowest BCUT2D eigenvalue weighted by Gasteiger charge is -2.15. The van der Waals surface area contributed by atoms with Crippen molar-refractivity contribution in [3.8, 4) is 0 Å². The summed E-state index contributed by atoms with van der Waals surface area (Å²) >= 11 is 0. The standard InChI is InChI=1S/C11H13F3N2/c1-5-9(15)6-3-2-4-7(6)16-10(5)8(12)11(13)14/h8,11H,2-4H2,1H3,(H2,15,16). The van der Waals surface area contributed by atoms with Gasteiger partial charge >= 0.3 is 0 Å². The van der Waals surface area contributed by atoms with Crippen molar-refractivity contribution in [1.29, 1.82) is 0 Å². The highest BCUT2D eigenvalue weighted by Crippen LogP contribution is 2.34. The summed E-state index contributed by atoms with van der Waals surface area (Å²) < 4.78 is 37.9. The number of hydrogen-bond donors (Lipinski definition) is 1. The average Bonchev–Trinajstić information content (AvgIpc) is 2.70. The van der Waals surface area contributed by atoms with Crippen molar-refractivity contribution in [3.05, 3.63) is 22.5 Å². The SMILES string of the molecule is Cc1c(C(F)C(F)F)nc2c(c1N)CCC2. The van der Waals surface area contributed by atoms with E-state index in [4.69, 9.17) is 5.73 Å². The van der Waals surface area contributed by atoms with E-state index in [1.165, 1.54) is 0 Å². The van der Waals surface area contributed by atoms with Crippen LogP contribution in [0.5, 0.6) is 0 Å². The van der Waals surface area contributed by atoms with Gasteiger partial charge in [0.2, 0.25) is 6.17 Å². The van der Waals surface area contributed by atoms with Gasteiger partial charge in [-0.05, 0) is 37.3 Å². The predicted molar refractivity (Wildman–Crippen MR) is 55.3 cm³/mol. The van der Waals surface area contributed by atoms with Gasteiger partial charge in [0.05, 0.1) is 5.69 Å². The monoisotopic (exact) mass is 230 g/mol. The molecule has 1 atom stereocenters. The molecule has 0 spiro atoms. The number of fused-ring (bicyclic) bond motifs is 1. The number of nitrogens with two attached hydrogens (primary N) is 1. The van der Waals surface area contributed by atoms with Crippen molar-refractivity contribution in [2.75, 3.05) is 5.73 Å². The summed E-state index contributed by atoms with van der Waals surface area (Å²) in [5.41, 5.74) is 7.99. The summed E-state index contributed by atoms with van der Waals surface area (Å²) in [6.45, 7) is 1.55. The van der Waals surface area contributed by atoms with E-state index in [1.807, 2.05) is 0 Å². The number of aryl methyl sites for hydroxylation is 1. The van der Waals surface area contributed by atoms with Gasteiger partial charge < -0.3 is 5.73 Å². The Bertz CT molecular complexity index is 418. The third-order valence-corrected chi connectivity index (χ3v) is 3.04. The molecule has 0 bridgehead atoms. The maximum absolute atomic E-state index is 13.3. The van der Waals surface area contributed by atoms with Crippen LogP contribution in [-0.4, -0.2) is 11.4 Å². The zero-order valence-electron chi connectivity index (χ0n) is 8.93. The first-order chi connectivity index (χ1) is 7.52. The fraction of sp³-hybridized carbons (Fsp3) is 0.545. The highest BCUT2D eigenvalue weighted by Gasteiger charge is 2.28. The van der Waals surface area contributed by atoms with Crippen LogP contribution >= 0.6 is 0 Å². The quantitative estimate of drug-likeness (QED) is 0.848. The highest BCUT2D eigenvalue weighted by molar-refractivity contribution is 5.58. The van der Waals surface area contributed by atoms with E-state index in [0.717, 1.165) is 18.4 Å². The Morgan fingerprint density at radius 3 is 2.56 bits per heavy atom. The van der Waals surface area contributed by atoms with Gasteiger partial charge in [0.1, 0.15) is 0 Å². The summed E-state index contributed by atoms with van der Waals surface area (Å²) in [5, 5.41) is 0. The second-order valence-electron chi connectivity index (χ2n) is 4.05. The number of anilines is 1. The second-order valence-corrected chi connectivity index (χ2v) is 4.05. The van der Waals surface area contributed by atoms with E-state index in [2.05, 4.69) is 4.98 Å². The normalized spacial score (nSPS) is 16.6. The summed E-state index contributed by atoms with van der Waals surface area (Å²) in [5.74, 6) is 0. The number of hydrogen-bond acceptors (Lipinski definition) is 2. The molecule has 2 nitrogen and oxygen atoms in total. The molecular formula is C11H13F3N2. The van der Waals surface area contributed by atoms with Crippen molar-refractivity contribution in [3.63, 3.8) is 0 Å². The van der Waals surface area contributed by atoms with Crippen LogP contribution in [0, 0.1) is 6.92 Å². The summed E-state index contributed by atoms with van der Waals surface area (Å²) in [7, 11) is 0. The van der Waals surface area contributed by atoms with E-state index < -0.39 is 12.6 Å². The van der Waals surface area contributed by atoms with Gasteiger partial charge in [-0.2, -0.15) is 0 Å². The molecule has 1 aromatic heterocycles. The van der Waals surface area contributed by atoms with Crippen LogP contribution in [0.25, 0.3) is 0 Å². The molecule has 2 rings (SSSR count). The summed E-state index contributed by atoms with van der Waals surface area (Å²) in [6.07, 6.45) is -2.98. The smallest absolute Gasteiger partial charge is 0.275 e. The molecule has 0 radical (unpaired) electrons. The maximum atomic E-state index is 13.3. The lowest BCUT2D eigenvalue weighted by Crippen LogP contribution is -2.12. The number of rotatable bonds is 2. The molecule has 0 amide bonds. The Labute approximate surface area is 91.7 Å². The molecule has 0 saturated carbocycles. The fourth-order valence-corrected chi connectivity index (χ4v) is 2.12. The summed E-state index contributed by atoms with van der Waals surface area (Å²) in [6, 6.07) is 0. The average molecular weight is 230 g/mol. The zero-order chi connectivity index (χ0) is 11.9. The lowest BCUT2D eigenvalue weighted by atomic mass is 10.0. The molecule has 1 aliphatic rings. The number of aromatic nitrogens is 1. The largest absolute Gasteiger partial charge is 0.398 e. The van der Waals surface area contributed by atoms with Gasteiger partial charge in [-0.1, -0.05) is 0 Å². The van der Waals surface area contributed by atoms with E-state index in [9.17, 15) is 13.2 Å². The topological polar surface area (TPSA) is 38.9 Å². The van der Waals surface area contributed by atoms with Crippen LogP contribution in [-0.2, 0) is 12.8 Å². The van der Waals surface area contributed by atoms with Gasteiger partial charge in [0.25, 0.3) is 6.43 Å². The van der Waals surface area contributed by atoms with Crippen molar-refractivity contribution in [2.24, 2.45) is 0 Å². The van der Waals surface area contributed by atoms with Gasteiger partial charge in [0, 0.05) is 11.4 Å². The molecule has 16 heavy (non-hydrogen) atoms. The van der Waals surface area contributed by atoms with Crippen molar-refractivity contribution in [1.82, 2.24) is 4.98 Å². The van der Waals surface area contributed by atoms with Crippen LogP contribution in [0.1, 0.15) is 35.1 Å². The zero-order valence-corrected chi connectivity index (χ0v) is 8.93. The minimum Gasteiger partial charge on any atom is -0.398 e. The number of pyridine rings is 1. The van der Waals surface area contributed by atoms with Crippen LogP contribution in [0.2, 0.25) is 0 Å². The molecule has 1 aliphatic carbocycles. The third-order valence-electron chi connectivity index (χ3n) is 3.04. The molecule has 5 heteroatoms. The molecule has 0 aromatic carbocycles. The molecule has 0 fully saturated rings. The van der Waals surface area contributed by atoms with Crippen LogP contribution in [0.15, 0.2) is 0 Å². The van der Waals surface area contributed by atoms with Gasteiger partial charge in [0.15, 0.2) is 0 Å².